The van der Waals surface area contributed by atoms with Crippen LogP contribution in [0.2, 0.25) is 0 Å². The van der Waals surface area contributed by atoms with E-state index in [-0.39, 0.29) is 65.7 Å². The summed E-state index contributed by atoms with van der Waals surface area (Å²) in [4.78, 5) is 0. The fraction of sp³-hybridized carbons (Fsp3) is 1.00. The monoisotopic (exact) mass is 819 g/mol. The van der Waals surface area contributed by atoms with E-state index in [1.165, 1.54) is 199 Å². The molecule has 0 fully saturated rings. The summed E-state index contributed by atoms with van der Waals surface area (Å²) in [5.74, 6) is 0. The van der Waals surface area contributed by atoms with Crippen molar-refractivity contribution >= 4 is 20.8 Å². The molecule has 0 saturated carbocycles. The average molecular weight is 819 g/mol. The molecule has 0 radical (unpaired) electrons. The Balaban J connectivity index is -0.000000250. The smallest absolute Gasteiger partial charge is 0.726 e. The minimum absolute atomic E-state index is 0. The van der Waals surface area contributed by atoms with Gasteiger partial charge in [0.25, 0.3) is 0 Å². The van der Waals surface area contributed by atoms with Gasteiger partial charge in [-0.1, -0.05) is 220 Å². The van der Waals surface area contributed by atoms with Crippen molar-refractivity contribution in [2.24, 2.45) is 0 Å². The summed E-state index contributed by atoms with van der Waals surface area (Å²) in [6, 6.07) is 0. The van der Waals surface area contributed by atoms with Gasteiger partial charge < -0.3 is 13.8 Å². The van der Waals surface area contributed by atoms with E-state index in [4.69, 9.17) is 22.3 Å². The molecule has 0 aromatic carbocycles. The summed E-state index contributed by atoms with van der Waals surface area (Å²) in [5.41, 5.74) is 0. The third-order valence-corrected chi connectivity index (χ3v) is 9.47. The molecule has 0 spiro atoms. The van der Waals surface area contributed by atoms with Crippen LogP contribution in [0.15, 0.2) is 0 Å². The standard InChI is InChI=1S/C24H50O.C16H34O4S.2Na.H2O4S/c1-3-5-7-9-11-13-15-17-19-21-23-25-24-22-20-18-16-14-12-10-8-6-4-2;1-2-3-4-5-6-7-8-9-10-11-12-13-14-15-16-20-21(17,18)19;;;1-5(2,3)4/h3-24H2,1-2H3;2-16H2,1H3,(H,17,18,19);;;(H2,1,2,3,4)/q;;2*+1;/p-2. The van der Waals surface area contributed by atoms with Gasteiger partial charge in [0.1, 0.15) is 0 Å². The van der Waals surface area contributed by atoms with Crippen LogP contribution in [0.1, 0.15) is 239 Å². The van der Waals surface area contributed by atoms with Gasteiger partial charge in [0.05, 0.1) is 6.61 Å². The molecule has 9 nitrogen and oxygen atoms in total. The summed E-state index contributed by atoms with van der Waals surface area (Å²) in [5, 5.41) is 0. The Morgan fingerprint density at radius 2 is 0.528 bits per heavy atom. The maximum atomic E-state index is 10.2. The van der Waals surface area contributed by atoms with E-state index in [1.54, 1.807) is 0 Å². The number of unbranched alkanes of at least 4 members (excludes halogenated alkanes) is 31. The Morgan fingerprint density at radius 3 is 0.717 bits per heavy atom. The number of hydrogen-bond donors (Lipinski definition) is 1. The van der Waals surface area contributed by atoms with Gasteiger partial charge in [-0.2, -0.15) is 0 Å². The molecule has 0 aliphatic heterocycles. The first-order chi connectivity index (χ1) is 24.5. The van der Waals surface area contributed by atoms with Crippen LogP contribution in [-0.4, -0.2) is 50.3 Å². The Kier molecular flexibility index (Phi) is 64.7. The maximum absolute atomic E-state index is 10.2. The van der Waals surface area contributed by atoms with E-state index < -0.39 is 20.8 Å². The Hall–Kier alpha value is 1.70. The van der Waals surface area contributed by atoms with Crippen LogP contribution in [0.4, 0.5) is 0 Å². The minimum Gasteiger partial charge on any atom is -0.726 e. The Morgan fingerprint density at radius 1 is 0.358 bits per heavy atom. The molecular weight excluding hydrogens is 735 g/mol. The molecule has 13 heteroatoms. The average Bonchev–Trinajstić information content (AvgIpc) is 3.06. The van der Waals surface area contributed by atoms with Crippen molar-refractivity contribution in [2.75, 3.05) is 19.8 Å². The molecule has 0 saturated heterocycles. The zero-order chi connectivity index (χ0) is 38.6. The van der Waals surface area contributed by atoms with Crippen molar-refractivity contribution in [3.8, 4) is 0 Å². The van der Waals surface area contributed by atoms with Crippen LogP contribution in [-0.2, 0) is 29.7 Å². The fourth-order valence-electron chi connectivity index (χ4n) is 5.94. The van der Waals surface area contributed by atoms with Crippen molar-refractivity contribution in [1.29, 1.82) is 0 Å². The van der Waals surface area contributed by atoms with Gasteiger partial charge in [0.15, 0.2) is 0 Å². The van der Waals surface area contributed by atoms with Gasteiger partial charge >= 0.3 is 59.1 Å². The Bertz CT molecular complexity index is 819. The van der Waals surface area contributed by atoms with Crippen LogP contribution in [0.5, 0.6) is 0 Å². The van der Waals surface area contributed by atoms with Gasteiger partial charge in [-0.3, -0.25) is 8.74 Å². The van der Waals surface area contributed by atoms with E-state index in [2.05, 4.69) is 25.0 Å². The summed E-state index contributed by atoms with van der Waals surface area (Å²) in [7, 11) is -9.41. The second-order valence-electron chi connectivity index (χ2n) is 14.2. The third kappa shape index (κ3) is 82.5. The molecule has 0 atom stereocenters. The van der Waals surface area contributed by atoms with Crippen molar-refractivity contribution in [3.05, 3.63) is 0 Å². The zero-order valence-electron chi connectivity index (χ0n) is 35.7. The quantitative estimate of drug-likeness (QED) is 0.0307. The minimum atomic E-state index is -4.92. The van der Waals surface area contributed by atoms with Crippen molar-refractivity contribution in [3.63, 3.8) is 0 Å². The topological polar surface area (TPSA) is 153 Å². The first-order valence-corrected chi connectivity index (χ1v) is 24.0. The molecule has 312 valence electrons. The molecule has 0 amide bonds. The van der Waals surface area contributed by atoms with Gasteiger partial charge in [-0.25, -0.2) is 16.8 Å². The van der Waals surface area contributed by atoms with Crippen molar-refractivity contribution < 1.29 is 98.5 Å². The van der Waals surface area contributed by atoms with E-state index >= 15 is 0 Å². The normalized spacial score (nSPS) is 11.1. The van der Waals surface area contributed by atoms with E-state index in [9.17, 15) is 13.0 Å². The van der Waals surface area contributed by atoms with Crippen LogP contribution in [0.3, 0.4) is 0 Å². The molecule has 0 rings (SSSR count). The van der Waals surface area contributed by atoms with Gasteiger partial charge in [-0.15, -0.1) is 0 Å². The SMILES string of the molecule is CCCCCCCCCCCCCCCCOS(=O)(=O)[O-].CCCCCCCCCCCCOCCCCCCCCCCCC.O=S(=O)([O-])O.[Na+].[Na+]. The zero-order valence-corrected chi connectivity index (χ0v) is 41.3. The molecule has 0 aromatic rings. The molecular formula is C40H84Na2O9S2. The fourth-order valence-corrected chi connectivity index (χ4v) is 6.26. The molecule has 0 heterocycles. The van der Waals surface area contributed by atoms with Gasteiger partial charge in [0.2, 0.25) is 20.8 Å². The molecule has 53 heavy (non-hydrogen) atoms. The second kappa shape index (κ2) is 53.7. The van der Waals surface area contributed by atoms with Crippen molar-refractivity contribution in [2.45, 2.75) is 239 Å². The first kappa shape index (κ1) is 63.9. The third-order valence-electron chi connectivity index (χ3n) is 9.01. The number of ether oxygens (including phenoxy) is 1. The van der Waals surface area contributed by atoms with Gasteiger partial charge in [-0.05, 0) is 19.3 Å². The second-order valence-corrected chi connectivity index (χ2v) is 16.1. The molecule has 0 unspecified atom stereocenters. The van der Waals surface area contributed by atoms with Gasteiger partial charge in [0, 0.05) is 13.2 Å². The van der Waals surface area contributed by atoms with Crippen LogP contribution >= 0.6 is 0 Å². The summed E-state index contributed by atoms with van der Waals surface area (Å²) in [6.07, 6.45) is 45.6. The predicted molar refractivity (Wildman–Crippen MR) is 213 cm³/mol. The van der Waals surface area contributed by atoms with E-state index in [0.29, 0.717) is 6.42 Å². The molecule has 1 N–H and O–H groups in total. The van der Waals surface area contributed by atoms with Crippen molar-refractivity contribution in [1.82, 2.24) is 0 Å². The summed E-state index contributed by atoms with van der Waals surface area (Å²) < 4.78 is 73.3. The van der Waals surface area contributed by atoms with E-state index in [0.717, 1.165) is 26.1 Å². The predicted octanol–water partition coefficient (Wildman–Crippen LogP) is 6.80. The number of rotatable bonds is 38. The largest absolute Gasteiger partial charge is 1.00 e. The summed E-state index contributed by atoms with van der Waals surface area (Å²) >= 11 is 0. The first-order valence-electron chi connectivity index (χ1n) is 21.3. The van der Waals surface area contributed by atoms with Crippen LogP contribution in [0.25, 0.3) is 0 Å². The molecule has 0 bridgehead atoms. The molecule has 0 aliphatic rings. The molecule has 0 aromatic heterocycles. The van der Waals surface area contributed by atoms with Crippen LogP contribution in [0, 0.1) is 0 Å². The van der Waals surface area contributed by atoms with Crippen LogP contribution < -0.4 is 59.1 Å². The number of hydrogen-bond acceptors (Lipinski definition) is 8. The van der Waals surface area contributed by atoms with E-state index in [1.807, 2.05) is 0 Å². The Labute approximate surface area is 375 Å². The summed E-state index contributed by atoms with van der Waals surface area (Å²) in [6.45, 7) is 8.85. The maximum Gasteiger partial charge on any atom is 1.00 e. The molecule has 0 aliphatic carbocycles.